The molecule has 0 radical (unpaired) electrons. The molecule has 10 nitrogen and oxygen atoms in total. The first-order valence-electron chi connectivity index (χ1n) is 10.3. The van der Waals surface area contributed by atoms with E-state index < -0.39 is 29.5 Å². The van der Waals surface area contributed by atoms with Gasteiger partial charge in [0.25, 0.3) is 5.91 Å². The molecule has 32 heavy (non-hydrogen) atoms. The number of halogens is 2. The molecule has 1 saturated carbocycles. The molecule has 3 rings (SSSR count). The summed E-state index contributed by atoms with van der Waals surface area (Å²) < 4.78 is 20.9. The SMILES string of the molecule is CC(C)(C)OC(=O)NC1CCN(c2c(Cl)cc(C(=O)NNC(=O)O)c(NC3CC3)c2F)C1. The molecule has 1 aromatic rings. The lowest BCUT2D eigenvalue weighted by Gasteiger charge is -2.25. The maximum absolute atomic E-state index is 15.6. The first-order chi connectivity index (χ1) is 14.9. The minimum Gasteiger partial charge on any atom is -0.464 e. The minimum absolute atomic E-state index is 0.00207. The van der Waals surface area contributed by atoms with Crippen LogP contribution >= 0.6 is 11.6 Å². The lowest BCUT2D eigenvalue weighted by atomic mass is 10.1. The van der Waals surface area contributed by atoms with Gasteiger partial charge in [0.1, 0.15) is 5.60 Å². The van der Waals surface area contributed by atoms with Crippen LogP contribution in [0.3, 0.4) is 0 Å². The topological polar surface area (TPSA) is 132 Å². The highest BCUT2D eigenvalue weighted by atomic mass is 35.5. The minimum atomic E-state index is -1.46. The number of carbonyl (C=O) groups is 3. The van der Waals surface area contributed by atoms with Crippen molar-refractivity contribution < 1.29 is 28.6 Å². The number of hydrogen-bond donors (Lipinski definition) is 5. The standard InChI is InChI=1S/C20H27ClFN5O5/c1-20(2,3)32-19(31)24-11-6-7-27(9-11)16-13(21)8-12(17(28)25-26-18(29)30)15(14(16)22)23-10-4-5-10/h8,10-11,23,26H,4-7,9H2,1-3H3,(H,24,31)(H,25,28)(H,29,30). The number of nitrogens with one attached hydrogen (secondary N) is 4. The fourth-order valence-electron chi connectivity index (χ4n) is 3.38. The Morgan fingerprint density at radius 2 is 1.88 bits per heavy atom. The number of alkyl carbamates (subject to hydrolysis) is 1. The van der Waals surface area contributed by atoms with Crippen molar-refractivity contribution in [1.29, 1.82) is 0 Å². The summed E-state index contributed by atoms with van der Waals surface area (Å²) in [6, 6.07) is 1.07. The van der Waals surface area contributed by atoms with Crippen molar-refractivity contribution in [2.75, 3.05) is 23.3 Å². The summed E-state index contributed by atoms with van der Waals surface area (Å²) in [7, 11) is 0. The third kappa shape index (κ3) is 6.06. The molecule has 1 aliphatic carbocycles. The first kappa shape index (κ1) is 23.7. The molecule has 1 unspecified atom stereocenters. The van der Waals surface area contributed by atoms with E-state index in [1.807, 2.05) is 5.43 Å². The molecule has 2 fully saturated rings. The fraction of sp³-hybridized carbons (Fsp3) is 0.550. The average Bonchev–Trinajstić information content (AvgIpc) is 3.38. The monoisotopic (exact) mass is 471 g/mol. The highest BCUT2D eigenvalue weighted by Crippen LogP contribution is 2.40. The summed E-state index contributed by atoms with van der Waals surface area (Å²) in [5.74, 6) is -1.54. The van der Waals surface area contributed by atoms with Crippen molar-refractivity contribution >= 4 is 41.1 Å². The summed E-state index contributed by atoms with van der Waals surface area (Å²) >= 11 is 6.35. The molecule has 12 heteroatoms. The molecule has 1 heterocycles. The van der Waals surface area contributed by atoms with Gasteiger partial charge in [-0.15, -0.1) is 0 Å². The molecular weight excluding hydrogens is 445 g/mol. The van der Waals surface area contributed by atoms with Crippen molar-refractivity contribution in [2.24, 2.45) is 0 Å². The van der Waals surface area contributed by atoms with Gasteiger partial charge >= 0.3 is 12.2 Å². The van der Waals surface area contributed by atoms with Crippen LogP contribution in [0.5, 0.6) is 0 Å². The summed E-state index contributed by atoms with van der Waals surface area (Å²) in [6.45, 7) is 6.04. The second-order valence-corrected chi connectivity index (χ2v) is 9.23. The van der Waals surface area contributed by atoms with Crippen LogP contribution in [0.2, 0.25) is 5.02 Å². The van der Waals surface area contributed by atoms with Gasteiger partial charge in [-0.05, 0) is 46.1 Å². The Morgan fingerprint density at radius 3 is 2.47 bits per heavy atom. The Bertz CT molecular complexity index is 919. The molecule has 3 amide bonds. The number of hydrogen-bond acceptors (Lipinski definition) is 6. The highest BCUT2D eigenvalue weighted by Gasteiger charge is 2.33. The number of carbonyl (C=O) groups excluding carboxylic acids is 2. The number of anilines is 2. The van der Waals surface area contributed by atoms with Crippen molar-refractivity contribution in [2.45, 2.75) is 57.7 Å². The molecule has 0 aromatic heterocycles. The van der Waals surface area contributed by atoms with Gasteiger partial charge in [-0.3, -0.25) is 10.2 Å². The largest absolute Gasteiger partial charge is 0.464 e. The third-order valence-electron chi connectivity index (χ3n) is 4.87. The van der Waals surface area contributed by atoms with Crippen molar-refractivity contribution in [1.82, 2.24) is 16.2 Å². The van der Waals surface area contributed by atoms with Crippen molar-refractivity contribution in [3.8, 4) is 0 Å². The van der Waals surface area contributed by atoms with E-state index in [4.69, 9.17) is 21.4 Å². The average molecular weight is 472 g/mol. The Balaban J connectivity index is 1.80. The Labute approximate surface area is 189 Å². The highest BCUT2D eigenvalue weighted by molar-refractivity contribution is 6.34. The Morgan fingerprint density at radius 1 is 1.19 bits per heavy atom. The normalized spacial score (nSPS) is 18.2. The van der Waals surface area contributed by atoms with Crippen LogP contribution in [-0.4, -0.2) is 54.0 Å². The molecule has 1 aliphatic heterocycles. The molecule has 176 valence electrons. The lowest BCUT2D eigenvalue weighted by Crippen LogP contribution is -2.41. The summed E-state index contributed by atoms with van der Waals surface area (Å²) in [5, 5.41) is 14.5. The maximum Gasteiger partial charge on any atom is 0.423 e. The van der Waals surface area contributed by atoms with Crippen LogP contribution in [-0.2, 0) is 4.74 Å². The van der Waals surface area contributed by atoms with E-state index in [1.165, 1.54) is 6.07 Å². The van der Waals surface area contributed by atoms with Crippen LogP contribution in [0.4, 0.5) is 25.4 Å². The van der Waals surface area contributed by atoms with Gasteiger partial charge in [-0.1, -0.05) is 11.6 Å². The second-order valence-electron chi connectivity index (χ2n) is 8.82. The molecule has 2 aliphatic rings. The number of carboxylic acid groups (broad SMARTS) is 1. The van der Waals surface area contributed by atoms with Crippen LogP contribution < -0.4 is 26.4 Å². The molecule has 1 aromatic carbocycles. The number of amides is 3. The van der Waals surface area contributed by atoms with E-state index >= 15 is 4.39 Å². The Hall–Kier alpha value is -2.95. The predicted octanol–water partition coefficient (Wildman–Crippen LogP) is 3.07. The predicted molar refractivity (Wildman–Crippen MR) is 117 cm³/mol. The summed E-state index contributed by atoms with van der Waals surface area (Å²) in [4.78, 5) is 36.8. The zero-order valence-corrected chi connectivity index (χ0v) is 18.8. The van der Waals surface area contributed by atoms with Gasteiger partial charge in [-0.2, -0.15) is 0 Å². The summed E-state index contributed by atoms with van der Waals surface area (Å²) in [6.07, 6.45) is 0.212. The van der Waals surface area contributed by atoms with E-state index in [-0.39, 0.29) is 34.0 Å². The molecule has 1 saturated heterocycles. The van der Waals surface area contributed by atoms with E-state index in [0.717, 1.165) is 12.8 Å². The van der Waals surface area contributed by atoms with Gasteiger partial charge in [-0.25, -0.2) is 19.4 Å². The zero-order chi connectivity index (χ0) is 23.6. The van der Waals surface area contributed by atoms with Crippen LogP contribution in [0, 0.1) is 5.82 Å². The smallest absolute Gasteiger partial charge is 0.423 e. The van der Waals surface area contributed by atoms with Crippen molar-refractivity contribution in [3.63, 3.8) is 0 Å². The second kappa shape index (κ2) is 9.27. The quantitative estimate of drug-likeness (QED) is 0.417. The number of nitrogens with zero attached hydrogens (tertiary/aromatic N) is 1. The van der Waals surface area contributed by atoms with Gasteiger partial charge in [0.05, 0.1) is 28.0 Å². The van der Waals surface area contributed by atoms with Crippen LogP contribution in [0.1, 0.15) is 50.4 Å². The third-order valence-corrected chi connectivity index (χ3v) is 5.16. The van der Waals surface area contributed by atoms with Gasteiger partial charge < -0.3 is 25.4 Å². The number of ether oxygens (including phenoxy) is 1. The number of benzene rings is 1. The fourth-order valence-corrected chi connectivity index (χ4v) is 3.70. The Kier molecular flexibility index (Phi) is 6.87. The van der Waals surface area contributed by atoms with E-state index in [2.05, 4.69) is 10.6 Å². The van der Waals surface area contributed by atoms with E-state index in [9.17, 15) is 14.4 Å². The molecule has 5 N–H and O–H groups in total. The molecular formula is C20H27ClFN5O5. The number of rotatable bonds is 5. The van der Waals surface area contributed by atoms with E-state index in [1.54, 1.807) is 31.1 Å². The van der Waals surface area contributed by atoms with Crippen molar-refractivity contribution in [3.05, 3.63) is 22.5 Å². The van der Waals surface area contributed by atoms with Crippen LogP contribution in [0.25, 0.3) is 0 Å². The summed E-state index contributed by atoms with van der Waals surface area (Å²) in [5.41, 5.74) is 3.08. The van der Waals surface area contributed by atoms with E-state index in [0.29, 0.717) is 19.5 Å². The molecule has 0 bridgehead atoms. The molecule has 1 atom stereocenters. The van der Waals surface area contributed by atoms with Gasteiger partial charge in [0.15, 0.2) is 5.82 Å². The lowest BCUT2D eigenvalue weighted by molar-refractivity contribution is 0.0508. The zero-order valence-electron chi connectivity index (χ0n) is 18.1. The first-order valence-corrected chi connectivity index (χ1v) is 10.6. The molecule has 0 spiro atoms. The van der Waals surface area contributed by atoms with Gasteiger partial charge in [0.2, 0.25) is 0 Å². The van der Waals surface area contributed by atoms with Gasteiger partial charge in [0, 0.05) is 19.1 Å². The number of hydrazine groups is 1. The maximum atomic E-state index is 15.6. The van der Waals surface area contributed by atoms with Crippen LogP contribution in [0.15, 0.2) is 6.07 Å².